The van der Waals surface area contributed by atoms with Crippen LogP contribution in [0.25, 0.3) is 6.08 Å². The third-order valence-electron chi connectivity index (χ3n) is 2.87. The van der Waals surface area contributed by atoms with Crippen LogP contribution >= 0.6 is 11.6 Å². The lowest BCUT2D eigenvalue weighted by Gasteiger charge is -2.04. The van der Waals surface area contributed by atoms with E-state index in [0.717, 1.165) is 5.56 Å². The van der Waals surface area contributed by atoms with E-state index in [2.05, 4.69) is 0 Å². The second-order valence-corrected chi connectivity index (χ2v) is 4.77. The highest BCUT2D eigenvalue weighted by Crippen LogP contribution is 2.19. The molecule has 3 heteroatoms. The van der Waals surface area contributed by atoms with Crippen LogP contribution in [0.3, 0.4) is 0 Å². The highest BCUT2D eigenvalue weighted by atomic mass is 35.5. The largest absolute Gasteiger partial charge is 0.496 e. The van der Waals surface area contributed by atoms with E-state index in [-0.39, 0.29) is 5.78 Å². The first-order chi connectivity index (χ1) is 10.2. The quantitative estimate of drug-likeness (QED) is 0.454. The summed E-state index contributed by atoms with van der Waals surface area (Å²) < 4.78 is 5.17. The lowest BCUT2D eigenvalue weighted by atomic mass is 10.1. The molecule has 0 atom stereocenters. The lowest BCUT2D eigenvalue weighted by Crippen LogP contribution is -1.98. The number of rotatable bonds is 5. The molecule has 0 N–H and O–H groups in total. The van der Waals surface area contributed by atoms with Gasteiger partial charge in [-0.25, -0.2) is 0 Å². The molecular weight excluding hydrogens is 284 g/mol. The van der Waals surface area contributed by atoms with Gasteiger partial charge in [0.2, 0.25) is 0 Å². The third-order valence-corrected chi connectivity index (χ3v) is 3.11. The van der Waals surface area contributed by atoms with Gasteiger partial charge < -0.3 is 4.74 Å². The molecular formula is C18H15ClO2. The average molecular weight is 299 g/mol. The van der Waals surface area contributed by atoms with E-state index in [0.29, 0.717) is 16.3 Å². The Morgan fingerprint density at radius 2 is 1.67 bits per heavy atom. The van der Waals surface area contributed by atoms with E-state index in [9.17, 15) is 4.79 Å². The van der Waals surface area contributed by atoms with Gasteiger partial charge in [-0.05, 0) is 35.9 Å². The first kappa shape index (κ1) is 15.1. The SMILES string of the molecule is COc1ccccc1C(=O)/C=C/C(Cl)=C/c1ccccc1. The van der Waals surface area contributed by atoms with Gasteiger partial charge in [-0.3, -0.25) is 4.79 Å². The molecule has 0 heterocycles. The van der Waals surface area contributed by atoms with E-state index in [1.165, 1.54) is 13.2 Å². The number of methoxy groups -OCH3 is 1. The molecule has 0 spiro atoms. The molecule has 21 heavy (non-hydrogen) atoms. The number of carbonyl (C=O) groups is 1. The van der Waals surface area contributed by atoms with Crippen molar-refractivity contribution < 1.29 is 9.53 Å². The molecule has 2 aromatic rings. The number of benzene rings is 2. The van der Waals surface area contributed by atoms with Crippen LogP contribution in [-0.2, 0) is 0 Å². The highest BCUT2D eigenvalue weighted by Gasteiger charge is 2.07. The number of para-hydroxylation sites is 1. The van der Waals surface area contributed by atoms with Gasteiger partial charge in [-0.2, -0.15) is 0 Å². The molecule has 0 saturated heterocycles. The van der Waals surface area contributed by atoms with Crippen molar-refractivity contribution in [1.82, 2.24) is 0 Å². The van der Waals surface area contributed by atoms with Gasteiger partial charge in [-0.15, -0.1) is 0 Å². The maximum Gasteiger partial charge on any atom is 0.189 e. The van der Waals surface area contributed by atoms with Crippen LogP contribution in [0.5, 0.6) is 5.75 Å². The molecule has 2 rings (SSSR count). The van der Waals surface area contributed by atoms with Gasteiger partial charge in [0.15, 0.2) is 5.78 Å². The van der Waals surface area contributed by atoms with E-state index in [4.69, 9.17) is 16.3 Å². The molecule has 2 nitrogen and oxygen atoms in total. The summed E-state index contributed by atoms with van der Waals surface area (Å²) in [6.45, 7) is 0. The molecule has 0 amide bonds. The number of ketones is 1. The Balaban J connectivity index is 2.13. The van der Waals surface area contributed by atoms with Crippen LogP contribution in [0.15, 0.2) is 71.8 Å². The number of ether oxygens (including phenoxy) is 1. The van der Waals surface area contributed by atoms with E-state index in [1.807, 2.05) is 36.4 Å². The van der Waals surface area contributed by atoms with Crippen molar-refractivity contribution in [2.75, 3.05) is 7.11 Å². The number of carbonyl (C=O) groups excluding carboxylic acids is 1. The Hall–Kier alpha value is -2.32. The second-order valence-electron chi connectivity index (χ2n) is 4.34. The molecule has 0 unspecified atom stereocenters. The Bertz CT molecular complexity index is 673. The van der Waals surface area contributed by atoms with E-state index < -0.39 is 0 Å². The number of allylic oxidation sites excluding steroid dienone is 3. The predicted molar refractivity (Wildman–Crippen MR) is 86.7 cm³/mol. The van der Waals surface area contributed by atoms with Crippen molar-refractivity contribution >= 4 is 23.5 Å². The molecule has 2 aromatic carbocycles. The number of hydrogen-bond acceptors (Lipinski definition) is 2. The minimum atomic E-state index is -0.146. The summed E-state index contributed by atoms with van der Waals surface area (Å²) in [7, 11) is 1.54. The standard InChI is InChI=1S/C18H15ClO2/c1-21-18-10-6-5-9-16(18)17(20)12-11-15(19)13-14-7-3-2-4-8-14/h2-13H,1H3/b12-11+,15-13-. The van der Waals surface area contributed by atoms with Crippen LogP contribution < -0.4 is 4.74 Å². The van der Waals surface area contributed by atoms with Gasteiger partial charge in [-0.1, -0.05) is 54.1 Å². The van der Waals surface area contributed by atoms with Crippen LogP contribution in [-0.4, -0.2) is 12.9 Å². The fourth-order valence-corrected chi connectivity index (χ4v) is 2.04. The van der Waals surface area contributed by atoms with Crippen molar-refractivity contribution in [3.8, 4) is 5.75 Å². The zero-order valence-corrected chi connectivity index (χ0v) is 12.4. The van der Waals surface area contributed by atoms with Gasteiger partial charge in [0, 0.05) is 5.03 Å². The minimum Gasteiger partial charge on any atom is -0.496 e. The van der Waals surface area contributed by atoms with Crippen molar-refractivity contribution in [1.29, 1.82) is 0 Å². The zero-order chi connectivity index (χ0) is 15.1. The Morgan fingerprint density at radius 3 is 2.38 bits per heavy atom. The molecule has 0 aromatic heterocycles. The molecule has 0 saturated carbocycles. The van der Waals surface area contributed by atoms with Gasteiger partial charge >= 0.3 is 0 Å². The maximum atomic E-state index is 12.1. The van der Waals surface area contributed by atoms with Gasteiger partial charge in [0.1, 0.15) is 5.75 Å². The summed E-state index contributed by atoms with van der Waals surface area (Å²) in [5.41, 5.74) is 1.50. The first-order valence-corrected chi connectivity index (χ1v) is 6.86. The smallest absolute Gasteiger partial charge is 0.189 e. The Labute approximate surface area is 129 Å². The van der Waals surface area contributed by atoms with Crippen molar-refractivity contribution in [3.63, 3.8) is 0 Å². The minimum absolute atomic E-state index is 0.146. The summed E-state index contributed by atoms with van der Waals surface area (Å²) in [4.78, 5) is 12.1. The molecule has 0 aliphatic rings. The summed E-state index contributed by atoms with van der Waals surface area (Å²) >= 11 is 6.11. The van der Waals surface area contributed by atoms with Crippen molar-refractivity contribution in [2.45, 2.75) is 0 Å². The fraction of sp³-hybridized carbons (Fsp3) is 0.0556. The zero-order valence-electron chi connectivity index (χ0n) is 11.6. The molecule has 0 bridgehead atoms. The molecule has 0 aliphatic carbocycles. The van der Waals surface area contributed by atoms with Crippen molar-refractivity contribution in [3.05, 3.63) is 82.9 Å². The third kappa shape index (κ3) is 4.33. The topological polar surface area (TPSA) is 26.3 Å². The summed E-state index contributed by atoms with van der Waals surface area (Å²) in [6, 6.07) is 16.8. The molecule has 0 radical (unpaired) electrons. The number of hydrogen-bond donors (Lipinski definition) is 0. The Morgan fingerprint density at radius 1 is 1.00 bits per heavy atom. The summed E-state index contributed by atoms with van der Waals surface area (Å²) in [5, 5.41) is 0.490. The summed E-state index contributed by atoms with van der Waals surface area (Å²) in [5.74, 6) is 0.405. The van der Waals surface area contributed by atoms with E-state index >= 15 is 0 Å². The summed E-state index contributed by atoms with van der Waals surface area (Å²) in [6.07, 6.45) is 4.83. The second kappa shape index (κ2) is 7.46. The maximum absolute atomic E-state index is 12.1. The normalized spacial score (nSPS) is 11.6. The van der Waals surface area contributed by atoms with E-state index in [1.54, 1.807) is 30.4 Å². The lowest BCUT2D eigenvalue weighted by molar-refractivity contribution is 0.104. The van der Waals surface area contributed by atoms with Gasteiger partial charge in [0.05, 0.1) is 12.7 Å². The van der Waals surface area contributed by atoms with Crippen molar-refractivity contribution in [2.24, 2.45) is 0 Å². The predicted octanol–water partition coefficient (Wildman–Crippen LogP) is 4.71. The first-order valence-electron chi connectivity index (χ1n) is 6.48. The number of halogens is 1. The molecule has 0 fully saturated rings. The molecule has 0 aliphatic heterocycles. The fourth-order valence-electron chi connectivity index (χ4n) is 1.85. The molecule has 106 valence electrons. The van der Waals surface area contributed by atoms with Crippen LogP contribution in [0.4, 0.5) is 0 Å². The average Bonchev–Trinajstić information content (AvgIpc) is 2.53. The monoisotopic (exact) mass is 298 g/mol. The highest BCUT2D eigenvalue weighted by molar-refractivity contribution is 6.33. The van der Waals surface area contributed by atoms with Crippen LogP contribution in [0, 0.1) is 0 Å². The van der Waals surface area contributed by atoms with Crippen LogP contribution in [0.2, 0.25) is 0 Å². The van der Waals surface area contributed by atoms with Gasteiger partial charge in [0.25, 0.3) is 0 Å². The Kier molecular flexibility index (Phi) is 5.35. The van der Waals surface area contributed by atoms with Crippen LogP contribution in [0.1, 0.15) is 15.9 Å².